The number of aliphatic hydroxyl groups is 1. The fourth-order valence-electron chi connectivity index (χ4n) is 1.94. The number of fused-ring (bicyclic) bond motifs is 1. The van der Waals surface area contributed by atoms with Gasteiger partial charge in [0.25, 0.3) is 0 Å². The van der Waals surface area contributed by atoms with Gasteiger partial charge in [-0.15, -0.1) is 0 Å². The van der Waals surface area contributed by atoms with E-state index in [1.54, 1.807) is 6.20 Å². The first-order valence-electron chi connectivity index (χ1n) is 6.14. The zero-order valence-corrected chi connectivity index (χ0v) is 10.7. The van der Waals surface area contributed by atoms with Gasteiger partial charge in [-0.3, -0.25) is 4.98 Å². The normalized spacial score (nSPS) is 12.9. The third kappa shape index (κ3) is 2.38. The van der Waals surface area contributed by atoms with Crippen LogP contribution in [0.4, 0.5) is 11.4 Å². The Bertz CT molecular complexity index is 540. The van der Waals surface area contributed by atoms with Gasteiger partial charge in [0.1, 0.15) is 0 Å². The lowest BCUT2D eigenvalue weighted by atomic mass is 10.0. The number of nitrogens with one attached hydrogen (secondary N) is 1. The molecule has 4 nitrogen and oxygen atoms in total. The van der Waals surface area contributed by atoms with E-state index in [-0.39, 0.29) is 12.6 Å². The second-order valence-electron chi connectivity index (χ2n) is 4.78. The molecule has 0 aliphatic carbocycles. The minimum absolute atomic E-state index is 0.0250. The summed E-state index contributed by atoms with van der Waals surface area (Å²) >= 11 is 0. The van der Waals surface area contributed by atoms with E-state index in [0.29, 0.717) is 11.6 Å². The highest BCUT2D eigenvalue weighted by Gasteiger charge is 2.13. The number of nitrogens with zero attached hydrogens (tertiary/aromatic N) is 1. The molecule has 4 N–H and O–H groups in total. The predicted octanol–water partition coefficient (Wildman–Crippen LogP) is 2.25. The molecule has 1 aromatic heterocycles. The van der Waals surface area contributed by atoms with Crippen molar-refractivity contribution in [2.45, 2.75) is 19.9 Å². The van der Waals surface area contributed by atoms with Crippen molar-refractivity contribution in [2.24, 2.45) is 5.92 Å². The van der Waals surface area contributed by atoms with Crippen LogP contribution < -0.4 is 11.1 Å². The Hall–Kier alpha value is -1.81. The van der Waals surface area contributed by atoms with Crippen molar-refractivity contribution in [1.82, 2.24) is 4.98 Å². The van der Waals surface area contributed by atoms with Crippen LogP contribution in [0, 0.1) is 5.92 Å². The van der Waals surface area contributed by atoms with Gasteiger partial charge in [-0.25, -0.2) is 0 Å². The van der Waals surface area contributed by atoms with Crippen molar-refractivity contribution < 1.29 is 5.11 Å². The van der Waals surface area contributed by atoms with E-state index in [1.807, 2.05) is 24.3 Å². The maximum absolute atomic E-state index is 9.38. The lowest BCUT2D eigenvalue weighted by molar-refractivity contribution is 0.249. The van der Waals surface area contributed by atoms with Gasteiger partial charge in [0.15, 0.2) is 0 Å². The van der Waals surface area contributed by atoms with Crippen LogP contribution in [0.5, 0.6) is 0 Å². The molecule has 0 amide bonds. The predicted molar refractivity (Wildman–Crippen MR) is 75.5 cm³/mol. The van der Waals surface area contributed by atoms with Gasteiger partial charge >= 0.3 is 0 Å². The summed E-state index contributed by atoms with van der Waals surface area (Å²) in [6.07, 6.45) is 1.73. The van der Waals surface area contributed by atoms with E-state index in [2.05, 4.69) is 24.1 Å². The van der Waals surface area contributed by atoms with Crippen LogP contribution in [0.25, 0.3) is 10.9 Å². The van der Waals surface area contributed by atoms with Gasteiger partial charge < -0.3 is 16.2 Å². The zero-order valence-electron chi connectivity index (χ0n) is 10.7. The molecule has 1 atom stereocenters. The van der Waals surface area contributed by atoms with E-state index in [1.165, 1.54) is 0 Å². The molecule has 1 aromatic carbocycles. The Balaban J connectivity index is 2.42. The van der Waals surface area contributed by atoms with Crippen molar-refractivity contribution >= 4 is 22.3 Å². The molecule has 0 radical (unpaired) electrons. The lowest BCUT2D eigenvalue weighted by Crippen LogP contribution is -2.29. The molecule has 0 saturated carbocycles. The number of benzene rings is 1. The summed E-state index contributed by atoms with van der Waals surface area (Å²) in [6, 6.07) is 7.67. The van der Waals surface area contributed by atoms with Gasteiger partial charge in [0.2, 0.25) is 0 Å². The molecule has 0 spiro atoms. The van der Waals surface area contributed by atoms with Crippen molar-refractivity contribution in [2.75, 3.05) is 17.7 Å². The summed E-state index contributed by atoms with van der Waals surface area (Å²) in [4.78, 5) is 4.29. The van der Waals surface area contributed by atoms with Gasteiger partial charge in [-0.1, -0.05) is 13.8 Å². The maximum atomic E-state index is 9.38. The highest BCUT2D eigenvalue weighted by Crippen LogP contribution is 2.27. The Morgan fingerprint density at radius 3 is 2.78 bits per heavy atom. The summed E-state index contributed by atoms with van der Waals surface area (Å²) in [5.74, 6) is 0.347. The smallest absolute Gasteiger partial charge is 0.0951 e. The highest BCUT2D eigenvalue weighted by molar-refractivity contribution is 5.98. The number of nitrogen functional groups attached to an aromatic ring is 1. The van der Waals surface area contributed by atoms with E-state index in [9.17, 15) is 5.11 Å². The fraction of sp³-hybridized carbons (Fsp3) is 0.357. The average Bonchev–Trinajstić information content (AvgIpc) is 2.38. The number of nitrogens with two attached hydrogens (primary N) is 1. The molecule has 18 heavy (non-hydrogen) atoms. The summed E-state index contributed by atoms with van der Waals surface area (Å²) in [6.45, 7) is 4.25. The van der Waals surface area contributed by atoms with Crippen molar-refractivity contribution in [3.63, 3.8) is 0 Å². The summed E-state index contributed by atoms with van der Waals surface area (Å²) in [5.41, 5.74) is 8.33. The Labute approximate surface area is 107 Å². The van der Waals surface area contributed by atoms with Crippen LogP contribution >= 0.6 is 0 Å². The lowest BCUT2D eigenvalue weighted by Gasteiger charge is -2.22. The Kier molecular flexibility index (Phi) is 3.67. The minimum Gasteiger partial charge on any atom is -0.397 e. The Morgan fingerprint density at radius 2 is 2.11 bits per heavy atom. The molecule has 2 rings (SSSR count). The quantitative estimate of drug-likeness (QED) is 0.722. The van der Waals surface area contributed by atoms with Crippen LogP contribution in [0.2, 0.25) is 0 Å². The van der Waals surface area contributed by atoms with Crippen molar-refractivity contribution in [3.05, 3.63) is 30.5 Å². The van der Waals surface area contributed by atoms with Gasteiger partial charge in [-0.2, -0.15) is 0 Å². The largest absolute Gasteiger partial charge is 0.397 e. The SMILES string of the molecule is CC(C)C(CO)Nc1ccc(N)c2ncccc12. The van der Waals surface area contributed by atoms with E-state index < -0.39 is 0 Å². The molecule has 0 bridgehead atoms. The molecule has 4 heteroatoms. The fourth-order valence-corrected chi connectivity index (χ4v) is 1.94. The number of pyridine rings is 1. The summed E-state index contributed by atoms with van der Waals surface area (Å²) < 4.78 is 0. The Morgan fingerprint density at radius 1 is 1.33 bits per heavy atom. The first kappa shape index (κ1) is 12.6. The van der Waals surface area contributed by atoms with Crippen LogP contribution in [0.15, 0.2) is 30.5 Å². The molecule has 2 aromatic rings. The number of aliphatic hydroxyl groups excluding tert-OH is 1. The maximum Gasteiger partial charge on any atom is 0.0951 e. The topological polar surface area (TPSA) is 71.2 Å². The molecule has 0 aliphatic heterocycles. The second-order valence-corrected chi connectivity index (χ2v) is 4.78. The first-order valence-corrected chi connectivity index (χ1v) is 6.14. The second kappa shape index (κ2) is 5.23. The number of rotatable bonds is 4. The molecule has 96 valence electrons. The van der Waals surface area contributed by atoms with Crippen molar-refractivity contribution in [3.8, 4) is 0 Å². The molecule has 0 saturated heterocycles. The number of hydrogen-bond donors (Lipinski definition) is 3. The number of aromatic nitrogens is 1. The molecular formula is C14H19N3O. The first-order chi connectivity index (χ1) is 8.63. The van der Waals surface area contributed by atoms with Crippen LogP contribution in [0.3, 0.4) is 0 Å². The standard InChI is InChI=1S/C14H19N3O/c1-9(2)13(8-18)17-12-6-5-11(15)14-10(12)4-3-7-16-14/h3-7,9,13,17-18H,8,15H2,1-2H3. The molecule has 0 aliphatic rings. The number of anilines is 2. The van der Waals surface area contributed by atoms with Crippen LogP contribution in [-0.2, 0) is 0 Å². The molecule has 1 heterocycles. The van der Waals surface area contributed by atoms with Gasteiger partial charge in [0, 0.05) is 17.3 Å². The minimum atomic E-state index is 0.0250. The monoisotopic (exact) mass is 245 g/mol. The third-order valence-corrected chi connectivity index (χ3v) is 3.14. The van der Waals surface area contributed by atoms with E-state index in [4.69, 9.17) is 5.73 Å². The van der Waals surface area contributed by atoms with E-state index in [0.717, 1.165) is 16.6 Å². The number of hydrogen-bond acceptors (Lipinski definition) is 4. The molecular weight excluding hydrogens is 226 g/mol. The third-order valence-electron chi connectivity index (χ3n) is 3.14. The van der Waals surface area contributed by atoms with Crippen LogP contribution in [0.1, 0.15) is 13.8 Å². The van der Waals surface area contributed by atoms with Crippen LogP contribution in [-0.4, -0.2) is 22.7 Å². The highest BCUT2D eigenvalue weighted by atomic mass is 16.3. The average molecular weight is 245 g/mol. The summed E-state index contributed by atoms with van der Waals surface area (Å²) in [5, 5.41) is 13.7. The van der Waals surface area contributed by atoms with E-state index >= 15 is 0 Å². The molecule has 1 unspecified atom stereocenters. The summed E-state index contributed by atoms with van der Waals surface area (Å²) in [7, 11) is 0. The molecule has 0 fully saturated rings. The zero-order chi connectivity index (χ0) is 13.1. The van der Waals surface area contributed by atoms with Crippen molar-refractivity contribution in [1.29, 1.82) is 0 Å². The van der Waals surface area contributed by atoms with Gasteiger partial charge in [-0.05, 0) is 30.2 Å². The van der Waals surface area contributed by atoms with Gasteiger partial charge in [0.05, 0.1) is 23.9 Å².